The van der Waals surface area contributed by atoms with E-state index in [0.29, 0.717) is 16.7 Å². The second-order valence-corrected chi connectivity index (χ2v) is 5.27. The molecule has 1 aromatic heterocycles. The standard InChI is InChI=1S/C17H14F2N2O2/c1-10-20-15-5-3-2-4-12(15)17(23)21(10)9-16(22)13-8-11(18)6-7-14(13)19/h2-8,16,22H,9H2,1H3/t16-/m1/s1. The number of para-hydroxylation sites is 1. The van der Waals surface area contributed by atoms with Crippen molar-refractivity contribution in [2.75, 3.05) is 0 Å². The Labute approximate surface area is 130 Å². The zero-order valence-electron chi connectivity index (χ0n) is 12.3. The molecule has 0 aliphatic heterocycles. The molecule has 0 radical (unpaired) electrons. The highest BCUT2D eigenvalue weighted by molar-refractivity contribution is 5.77. The highest BCUT2D eigenvalue weighted by atomic mass is 19.1. The van der Waals surface area contributed by atoms with E-state index in [-0.39, 0.29) is 17.7 Å². The molecule has 0 aliphatic rings. The number of aryl methyl sites for hydroxylation is 1. The molecule has 3 aromatic rings. The first kappa shape index (κ1) is 15.3. The van der Waals surface area contributed by atoms with Crippen molar-refractivity contribution in [2.24, 2.45) is 0 Å². The highest BCUT2D eigenvalue weighted by Gasteiger charge is 2.17. The maximum Gasteiger partial charge on any atom is 0.261 e. The summed E-state index contributed by atoms with van der Waals surface area (Å²) in [6, 6.07) is 9.69. The molecule has 0 aliphatic carbocycles. The predicted octanol–water partition coefficient (Wildman–Crippen LogP) is 2.72. The normalized spacial score (nSPS) is 12.5. The third-order valence-electron chi connectivity index (χ3n) is 3.73. The molecule has 3 rings (SSSR count). The van der Waals surface area contributed by atoms with Gasteiger partial charge in [0.25, 0.3) is 5.56 Å². The molecule has 6 heteroatoms. The highest BCUT2D eigenvalue weighted by Crippen LogP contribution is 2.20. The molecule has 0 saturated carbocycles. The Morgan fingerprint density at radius 3 is 2.74 bits per heavy atom. The van der Waals surface area contributed by atoms with E-state index in [0.717, 1.165) is 18.2 Å². The largest absolute Gasteiger partial charge is 0.386 e. The van der Waals surface area contributed by atoms with Crippen molar-refractivity contribution in [1.82, 2.24) is 9.55 Å². The fourth-order valence-corrected chi connectivity index (χ4v) is 2.54. The van der Waals surface area contributed by atoms with Crippen LogP contribution in [0.2, 0.25) is 0 Å². The summed E-state index contributed by atoms with van der Waals surface area (Å²) in [6.45, 7) is 1.42. The van der Waals surface area contributed by atoms with Gasteiger partial charge in [-0.3, -0.25) is 9.36 Å². The molecule has 118 valence electrons. The van der Waals surface area contributed by atoms with E-state index < -0.39 is 17.7 Å². The van der Waals surface area contributed by atoms with Crippen LogP contribution < -0.4 is 5.56 Å². The molecule has 2 aromatic carbocycles. The third kappa shape index (κ3) is 2.85. The summed E-state index contributed by atoms with van der Waals surface area (Å²) in [5.74, 6) is -0.982. The van der Waals surface area contributed by atoms with Crippen molar-refractivity contribution in [2.45, 2.75) is 19.6 Å². The van der Waals surface area contributed by atoms with Gasteiger partial charge in [0.15, 0.2) is 0 Å². The molecule has 1 atom stereocenters. The number of halogens is 2. The second-order valence-electron chi connectivity index (χ2n) is 5.27. The zero-order valence-corrected chi connectivity index (χ0v) is 12.3. The molecule has 0 unspecified atom stereocenters. The number of aliphatic hydroxyl groups excluding tert-OH is 1. The number of hydrogen-bond donors (Lipinski definition) is 1. The van der Waals surface area contributed by atoms with Crippen molar-refractivity contribution >= 4 is 10.9 Å². The Hall–Kier alpha value is -2.60. The van der Waals surface area contributed by atoms with E-state index in [2.05, 4.69) is 4.98 Å². The fourth-order valence-electron chi connectivity index (χ4n) is 2.54. The minimum Gasteiger partial charge on any atom is -0.386 e. The molecule has 0 saturated heterocycles. The average Bonchev–Trinajstić information content (AvgIpc) is 2.53. The third-order valence-corrected chi connectivity index (χ3v) is 3.73. The van der Waals surface area contributed by atoms with Gasteiger partial charge < -0.3 is 5.11 Å². The number of hydrogen-bond acceptors (Lipinski definition) is 3. The summed E-state index contributed by atoms with van der Waals surface area (Å²) in [5.41, 5.74) is 0.0334. The van der Waals surface area contributed by atoms with Gasteiger partial charge in [0.2, 0.25) is 0 Å². The van der Waals surface area contributed by atoms with Crippen molar-refractivity contribution in [3.63, 3.8) is 0 Å². The Kier molecular flexibility index (Phi) is 3.92. The SMILES string of the molecule is Cc1nc2ccccc2c(=O)n1C[C@@H](O)c1cc(F)ccc1F. The van der Waals surface area contributed by atoms with E-state index >= 15 is 0 Å². The van der Waals surface area contributed by atoms with Crippen molar-refractivity contribution in [3.05, 3.63) is 75.8 Å². The van der Waals surface area contributed by atoms with Gasteiger partial charge >= 0.3 is 0 Å². The first-order valence-corrected chi connectivity index (χ1v) is 7.06. The van der Waals surface area contributed by atoms with Crippen LogP contribution in [0.4, 0.5) is 8.78 Å². The van der Waals surface area contributed by atoms with Crippen LogP contribution in [0.3, 0.4) is 0 Å². The average molecular weight is 316 g/mol. The molecule has 1 N–H and O–H groups in total. The first-order valence-electron chi connectivity index (χ1n) is 7.06. The number of aliphatic hydroxyl groups is 1. The summed E-state index contributed by atoms with van der Waals surface area (Å²) in [6.07, 6.45) is -1.36. The molecular formula is C17H14F2N2O2. The van der Waals surface area contributed by atoms with Gasteiger partial charge in [-0.2, -0.15) is 0 Å². The van der Waals surface area contributed by atoms with Crippen molar-refractivity contribution < 1.29 is 13.9 Å². The van der Waals surface area contributed by atoms with Crippen LogP contribution in [0.1, 0.15) is 17.5 Å². The van der Waals surface area contributed by atoms with Gasteiger partial charge in [-0.25, -0.2) is 13.8 Å². The Morgan fingerprint density at radius 2 is 1.96 bits per heavy atom. The second kappa shape index (κ2) is 5.89. The molecule has 0 fully saturated rings. The molecule has 23 heavy (non-hydrogen) atoms. The lowest BCUT2D eigenvalue weighted by molar-refractivity contribution is 0.149. The van der Waals surface area contributed by atoms with E-state index in [4.69, 9.17) is 0 Å². The lowest BCUT2D eigenvalue weighted by Gasteiger charge is -2.16. The van der Waals surface area contributed by atoms with Crippen molar-refractivity contribution in [1.29, 1.82) is 0 Å². The molecule has 1 heterocycles. The number of benzene rings is 2. The number of rotatable bonds is 3. The Bertz CT molecular complexity index is 938. The van der Waals surface area contributed by atoms with Gasteiger partial charge in [0.1, 0.15) is 17.5 Å². The monoisotopic (exact) mass is 316 g/mol. The van der Waals surface area contributed by atoms with E-state index in [9.17, 15) is 18.7 Å². The van der Waals surface area contributed by atoms with Crippen LogP contribution in [-0.2, 0) is 6.54 Å². The fraction of sp³-hybridized carbons (Fsp3) is 0.176. The predicted molar refractivity (Wildman–Crippen MR) is 82.1 cm³/mol. The van der Waals surface area contributed by atoms with Crippen molar-refractivity contribution in [3.8, 4) is 0 Å². The minimum atomic E-state index is -1.36. The quantitative estimate of drug-likeness (QED) is 0.808. The first-order chi connectivity index (χ1) is 11.0. The van der Waals surface area contributed by atoms with Gasteiger partial charge in [0, 0.05) is 5.56 Å². The van der Waals surface area contributed by atoms with E-state index in [1.165, 1.54) is 4.57 Å². The van der Waals surface area contributed by atoms with Gasteiger partial charge in [-0.05, 0) is 37.3 Å². The Morgan fingerprint density at radius 1 is 1.22 bits per heavy atom. The molecule has 0 amide bonds. The van der Waals surface area contributed by atoms with Gasteiger partial charge in [-0.15, -0.1) is 0 Å². The van der Waals surface area contributed by atoms with E-state index in [1.54, 1.807) is 31.2 Å². The molecular weight excluding hydrogens is 302 g/mol. The van der Waals surface area contributed by atoms with E-state index in [1.807, 2.05) is 0 Å². The Balaban J connectivity index is 2.04. The molecule has 0 spiro atoms. The number of fused-ring (bicyclic) bond motifs is 1. The summed E-state index contributed by atoms with van der Waals surface area (Å²) >= 11 is 0. The smallest absolute Gasteiger partial charge is 0.261 e. The van der Waals surface area contributed by atoms with Crippen LogP contribution in [0, 0.1) is 18.6 Å². The molecule has 4 nitrogen and oxygen atoms in total. The number of aromatic nitrogens is 2. The van der Waals surface area contributed by atoms with Crippen LogP contribution in [0.25, 0.3) is 10.9 Å². The summed E-state index contributed by atoms with van der Waals surface area (Å²) < 4.78 is 28.3. The van der Waals surface area contributed by atoms with Crippen LogP contribution in [0.15, 0.2) is 47.3 Å². The maximum absolute atomic E-state index is 13.7. The van der Waals surface area contributed by atoms with Crippen LogP contribution in [0.5, 0.6) is 0 Å². The van der Waals surface area contributed by atoms with Gasteiger partial charge in [0.05, 0.1) is 23.6 Å². The lowest BCUT2D eigenvalue weighted by atomic mass is 10.1. The number of nitrogens with zero attached hydrogens (tertiary/aromatic N) is 2. The lowest BCUT2D eigenvalue weighted by Crippen LogP contribution is -2.27. The summed E-state index contributed by atoms with van der Waals surface area (Å²) in [4.78, 5) is 16.8. The minimum absolute atomic E-state index is 0.190. The van der Waals surface area contributed by atoms with Gasteiger partial charge in [-0.1, -0.05) is 12.1 Å². The topological polar surface area (TPSA) is 55.1 Å². The maximum atomic E-state index is 13.7. The summed E-state index contributed by atoms with van der Waals surface area (Å²) in [7, 11) is 0. The van der Waals surface area contributed by atoms with Crippen LogP contribution >= 0.6 is 0 Å². The zero-order chi connectivity index (χ0) is 16.6. The molecule has 0 bridgehead atoms. The van der Waals surface area contributed by atoms with Crippen LogP contribution in [-0.4, -0.2) is 14.7 Å². The summed E-state index contributed by atoms with van der Waals surface area (Å²) in [5, 5.41) is 10.6.